The Balaban J connectivity index is 1.69. The van der Waals surface area contributed by atoms with E-state index in [2.05, 4.69) is 22.6 Å². The number of nitrogens with zero attached hydrogens (tertiary/aromatic N) is 1. The number of nitrogens with two attached hydrogens (primary N) is 1. The number of hydrogen-bond donors (Lipinski definition) is 2. The molecule has 1 unspecified atom stereocenters. The molecule has 84 valence electrons. The van der Waals surface area contributed by atoms with Gasteiger partial charge in [0, 0.05) is 23.7 Å². The van der Waals surface area contributed by atoms with Crippen LogP contribution in [0.15, 0.2) is 11.4 Å². The number of hydrogen-bond acceptors (Lipinski definition) is 4. The number of thiophene rings is 1. The zero-order valence-corrected chi connectivity index (χ0v) is 10.0. The number of nitrogens with one attached hydrogen (secondary N) is 1. The Kier molecular flexibility index (Phi) is 3.61. The van der Waals surface area contributed by atoms with Crippen LogP contribution in [0, 0.1) is 5.92 Å². The van der Waals surface area contributed by atoms with Crippen LogP contribution in [0.2, 0.25) is 0 Å². The summed E-state index contributed by atoms with van der Waals surface area (Å²) in [4.78, 5) is 3.66. The molecule has 1 aliphatic rings. The molecule has 3 N–H and O–H groups in total. The summed E-state index contributed by atoms with van der Waals surface area (Å²) in [5, 5.41) is 5.55. The minimum absolute atomic E-state index is 0.816. The fraction of sp³-hybridized carbons (Fsp3) is 0.636. The lowest BCUT2D eigenvalue weighted by atomic mass is 10.1. The maximum absolute atomic E-state index is 5.82. The van der Waals surface area contributed by atoms with E-state index in [0.717, 1.165) is 24.7 Å². The summed E-state index contributed by atoms with van der Waals surface area (Å²) >= 11 is 1.73. The van der Waals surface area contributed by atoms with E-state index >= 15 is 0 Å². The minimum atomic E-state index is 0.816. The van der Waals surface area contributed by atoms with Crippen molar-refractivity contribution in [2.75, 3.05) is 32.4 Å². The van der Waals surface area contributed by atoms with E-state index in [0.29, 0.717) is 0 Å². The number of nitrogen functional groups attached to an aromatic ring is 1. The van der Waals surface area contributed by atoms with Gasteiger partial charge in [0.2, 0.25) is 0 Å². The first-order valence-electron chi connectivity index (χ1n) is 5.47. The van der Waals surface area contributed by atoms with Crippen LogP contribution in [0.4, 0.5) is 5.69 Å². The van der Waals surface area contributed by atoms with Crippen LogP contribution in [0.5, 0.6) is 0 Å². The summed E-state index contributed by atoms with van der Waals surface area (Å²) in [5.74, 6) is 0.816. The average molecular weight is 225 g/mol. The minimum Gasteiger partial charge on any atom is -0.398 e. The second-order valence-electron chi connectivity index (χ2n) is 4.35. The largest absolute Gasteiger partial charge is 0.398 e. The average Bonchev–Trinajstić information content (AvgIpc) is 2.77. The van der Waals surface area contributed by atoms with E-state index in [1.165, 1.54) is 24.4 Å². The molecular weight excluding hydrogens is 206 g/mol. The normalized spacial score (nSPS) is 22.3. The summed E-state index contributed by atoms with van der Waals surface area (Å²) in [7, 11) is 2.19. The molecule has 0 aromatic carbocycles. The smallest absolute Gasteiger partial charge is 0.0468 e. The fourth-order valence-electron chi connectivity index (χ4n) is 2.08. The van der Waals surface area contributed by atoms with Crippen LogP contribution >= 0.6 is 11.3 Å². The molecule has 0 spiro atoms. The molecule has 1 aliphatic heterocycles. The van der Waals surface area contributed by atoms with Crippen molar-refractivity contribution in [3.63, 3.8) is 0 Å². The van der Waals surface area contributed by atoms with Gasteiger partial charge in [-0.05, 0) is 43.9 Å². The van der Waals surface area contributed by atoms with Crippen molar-refractivity contribution in [2.45, 2.75) is 13.0 Å². The molecule has 0 radical (unpaired) electrons. The molecule has 2 rings (SSSR count). The van der Waals surface area contributed by atoms with Gasteiger partial charge in [-0.3, -0.25) is 0 Å². The lowest BCUT2D eigenvalue weighted by Gasteiger charge is -2.11. The van der Waals surface area contributed by atoms with Crippen molar-refractivity contribution in [3.05, 3.63) is 16.3 Å². The predicted octanol–water partition coefficient (Wildman–Crippen LogP) is 1.37. The van der Waals surface area contributed by atoms with E-state index in [1.807, 2.05) is 6.07 Å². The first-order chi connectivity index (χ1) is 7.25. The van der Waals surface area contributed by atoms with E-state index in [9.17, 15) is 0 Å². The third-order valence-electron chi connectivity index (χ3n) is 2.99. The maximum atomic E-state index is 5.82. The molecule has 3 nitrogen and oxygen atoms in total. The zero-order chi connectivity index (χ0) is 10.7. The van der Waals surface area contributed by atoms with Gasteiger partial charge in [-0.25, -0.2) is 0 Å². The molecular formula is C11H19N3S. The van der Waals surface area contributed by atoms with Crippen LogP contribution in [-0.2, 0) is 6.54 Å². The van der Waals surface area contributed by atoms with Gasteiger partial charge in [-0.1, -0.05) is 0 Å². The molecule has 15 heavy (non-hydrogen) atoms. The molecule has 0 saturated carbocycles. The maximum Gasteiger partial charge on any atom is 0.0468 e. The molecule has 1 aromatic rings. The second-order valence-corrected chi connectivity index (χ2v) is 5.35. The number of likely N-dealkylation sites (tertiary alicyclic amines) is 1. The SMILES string of the molecule is CN1CCC(CNCc2sccc2N)C1. The molecule has 4 heteroatoms. The van der Waals surface area contributed by atoms with Crippen molar-refractivity contribution in [2.24, 2.45) is 5.92 Å². The molecule has 2 heterocycles. The number of anilines is 1. The Labute approximate surface area is 95.3 Å². The fourth-order valence-corrected chi connectivity index (χ4v) is 2.85. The summed E-state index contributed by atoms with van der Waals surface area (Å²) < 4.78 is 0. The predicted molar refractivity (Wildman–Crippen MR) is 66.0 cm³/mol. The van der Waals surface area contributed by atoms with Gasteiger partial charge in [0.15, 0.2) is 0 Å². The van der Waals surface area contributed by atoms with Crippen molar-refractivity contribution in [3.8, 4) is 0 Å². The monoisotopic (exact) mass is 225 g/mol. The highest BCUT2D eigenvalue weighted by molar-refractivity contribution is 7.10. The van der Waals surface area contributed by atoms with Crippen molar-refractivity contribution in [1.82, 2.24) is 10.2 Å². The second kappa shape index (κ2) is 4.96. The highest BCUT2D eigenvalue weighted by Gasteiger charge is 2.18. The Bertz CT molecular complexity index is 311. The van der Waals surface area contributed by atoms with E-state index < -0.39 is 0 Å². The third-order valence-corrected chi connectivity index (χ3v) is 3.92. The van der Waals surface area contributed by atoms with Gasteiger partial charge in [0.25, 0.3) is 0 Å². The Morgan fingerprint density at radius 3 is 3.13 bits per heavy atom. The van der Waals surface area contributed by atoms with E-state index in [4.69, 9.17) is 5.73 Å². The lowest BCUT2D eigenvalue weighted by molar-refractivity contribution is 0.388. The zero-order valence-electron chi connectivity index (χ0n) is 9.20. The van der Waals surface area contributed by atoms with Crippen LogP contribution < -0.4 is 11.1 Å². The molecule has 0 amide bonds. The van der Waals surface area contributed by atoms with Crippen LogP contribution in [-0.4, -0.2) is 31.6 Å². The van der Waals surface area contributed by atoms with Crippen molar-refractivity contribution >= 4 is 17.0 Å². The molecule has 1 aromatic heterocycles. The van der Waals surface area contributed by atoms with Gasteiger partial charge in [-0.15, -0.1) is 11.3 Å². The van der Waals surface area contributed by atoms with Gasteiger partial charge in [0.1, 0.15) is 0 Å². The summed E-state index contributed by atoms with van der Waals surface area (Å²) in [5.41, 5.74) is 6.75. The Morgan fingerprint density at radius 2 is 2.53 bits per heavy atom. The standard InChI is InChI=1S/C11H19N3S/c1-14-4-2-9(8-14)6-13-7-11-10(12)3-5-15-11/h3,5,9,13H,2,4,6-8,12H2,1H3. The molecule has 1 saturated heterocycles. The highest BCUT2D eigenvalue weighted by atomic mass is 32.1. The summed E-state index contributed by atoms with van der Waals surface area (Å²) in [6.07, 6.45) is 1.32. The Hall–Kier alpha value is -0.580. The first kappa shape index (κ1) is 10.9. The van der Waals surface area contributed by atoms with Gasteiger partial charge in [-0.2, -0.15) is 0 Å². The number of rotatable bonds is 4. The van der Waals surface area contributed by atoms with Gasteiger partial charge in [0.05, 0.1) is 0 Å². The topological polar surface area (TPSA) is 41.3 Å². The quantitative estimate of drug-likeness (QED) is 0.813. The molecule has 1 fully saturated rings. The van der Waals surface area contributed by atoms with Crippen LogP contribution in [0.1, 0.15) is 11.3 Å². The first-order valence-corrected chi connectivity index (χ1v) is 6.35. The summed E-state index contributed by atoms with van der Waals surface area (Å²) in [6, 6.07) is 1.98. The Morgan fingerprint density at radius 1 is 1.67 bits per heavy atom. The van der Waals surface area contributed by atoms with Gasteiger partial charge >= 0.3 is 0 Å². The van der Waals surface area contributed by atoms with Crippen LogP contribution in [0.3, 0.4) is 0 Å². The lowest BCUT2D eigenvalue weighted by Crippen LogP contribution is -2.24. The van der Waals surface area contributed by atoms with E-state index in [1.54, 1.807) is 11.3 Å². The summed E-state index contributed by atoms with van der Waals surface area (Å²) in [6.45, 7) is 4.51. The molecule has 0 bridgehead atoms. The van der Waals surface area contributed by atoms with Gasteiger partial charge < -0.3 is 16.0 Å². The van der Waals surface area contributed by atoms with E-state index in [-0.39, 0.29) is 0 Å². The molecule has 1 atom stereocenters. The van der Waals surface area contributed by atoms with Crippen molar-refractivity contribution in [1.29, 1.82) is 0 Å². The van der Waals surface area contributed by atoms with Crippen molar-refractivity contribution < 1.29 is 0 Å². The third kappa shape index (κ3) is 2.93. The highest BCUT2D eigenvalue weighted by Crippen LogP contribution is 2.19. The van der Waals surface area contributed by atoms with Crippen LogP contribution in [0.25, 0.3) is 0 Å². The molecule has 0 aliphatic carbocycles.